The molecule has 0 radical (unpaired) electrons. The fraction of sp³-hybridized carbons (Fsp3) is 0.667. The quantitative estimate of drug-likeness (QED) is 0.892. The van der Waals surface area contributed by atoms with E-state index >= 15 is 0 Å². The molecule has 3 aliphatic carbocycles. The highest BCUT2D eigenvalue weighted by atomic mass is 16.1. The van der Waals surface area contributed by atoms with Gasteiger partial charge < -0.3 is 5.32 Å². The Kier molecular flexibility index (Phi) is 3.80. The fourth-order valence-corrected chi connectivity index (χ4v) is 5.43. The zero-order valence-electron chi connectivity index (χ0n) is 15.8. The molecule has 0 aliphatic heterocycles. The van der Waals surface area contributed by atoms with Crippen molar-refractivity contribution in [3.05, 3.63) is 23.0 Å². The van der Waals surface area contributed by atoms with Crippen LogP contribution in [-0.4, -0.2) is 27.2 Å². The van der Waals surface area contributed by atoms with E-state index < -0.39 is 0 Å². The molecule has 2 heterocycles. The van der Waals surface area contributed by atoms with E-state index in [4.69, 9.17) is 4.98 Å². The van der Waals surface area contributed by atoms with Gasteiger partial charge in [0, 0.05) is 25.2 Å². The Balaban J connectivity index is 1.34. The zero-order chi connectivity index (χ0) is 17.8. The lowest BCUT2D eigenvalue weighted by atomic mass is 9.86. The van der Waals surface area contributed by atoms with Gasteiger partial charge in [0.15, 0.2) is 5.65 Å². The average Bonchev–Trinajstić information content (AvgIpc) is 3.18. The molecule has 0 aromatic carbocycles. The van der Waals surface area contributed by atoms with Gasteiger partial charge in [-0.25, -0.2) is 4.98 Å². The van der Waals surface area contributed by atoms with Crippen LogP contribution >= 0.6 is 0 Å². The molecule has 5 heteroatoms. The fourth-order valence-electron chi connectivity index (χ4n) is 5.43. The molecule has 3 saturated carbocycles. The average molecular weight is 352 g/mol. The topological polar surface area (TPSA) is 59.8 Å². The summed E-state index contributed by atoms with van der Waals surface area (Å²) in [6, 6.07) is 2.02. The maximum Gasteiger partial charge on any atom is 0.252 e. The first kappa shape index (κ1) is 16.3. The summed E-state index contributed by atoms with van der Waals surface area (Å²) < 4.78 is 1.81. The number of hydrogen-bond donors (Lipinski definition) is 1. The van der Waals surface area contributed by atoms with Gasteiger partial charge >= 0.3 is 0 Å². The number of carbonyl (C=O) groups is 1. The molecule has 26 heavy (non-hydrogen) atoms. The van der Waals surface area contributed by atoms with Crippen LogP contribution in [-0.2, 0) is 7.05 Å². The van der Waals surface area contributed by atoms with E-state index in [1.54, 1.807) is 0 Å². The molecule has 138 valence electrons. The molecular weight excluding hydrogens is 324 g/mol. The second kappa shape index (κ2) is 6.07. The van der Waals surface area contributed by atoms with Crippen molar-refractivity contribution >= 4 is 16.9 Å². The van der Waals surface area contributed by atoms with E-state index in [1.165, 1.54) is 38.5 Å². The van der Waals surface area contributed by atoms with Gasteiger partial charge in [-0.1, -0.05) is 6.42 Å². The molecule has 1 N–H and O–H groups in total. The summed E-state index contributed by atoms with van der Waals surface area (Å²) in [5, 5.41) is 8.61. The maximum atomic E-state index is 13.0. The van der Waals surface area contributed by atoms with Crippen molar-refractivity contribution in [1.29, 1.82) is 0 Å². The van der Waals surface area contributed by atoms with Crippen molar-refractivity contribution in [2.75, 3.05) is 6.54 Å². The Hall–Kier alpha value is -1.91. The normalized spacial score (nSPS) is 27.4. The summed E-state index contributed by atoms with van der Waals surface area (Å²) in [6.45, 7) is 2.75. The second-order valence-corrected chi connectivity index (χ2v) is 8.76. The van der Waals surface area contributed by atoms with Gasteiger partial charge in [0.1, 0.15) is 0 Å². The van der Waals surface area contributed by atoms with Gasteiger partial charge in [-0.05, 0) is 69.3 Å². The van der Waals surface area contributed by atoms with Gasteiger partial charge in [-0.2, -0.15) is 5.10 Å². The van der Waals surface area contributed by atoms with Gasteiger partial charge in [0.25, 0.3) is 5.91 Å². The van der Waals surface area contributed by atoms with Gasteiger partial charge in [-0.3, -0.25) is 9.48 Å². The summed E-state index contributed by atoms with van der Waals surface area (Å²) in [5.41, 5.74) is 3.54. The van der Waals surface area contributed by atoms with Crippen molar-refractivity contribution in [2.45, 2.75) is 57.8 Å². The summed E-state index contributed by atoms with van der Waals surface area (Å²) >= 11 is 0. The number of fused-ring (bicyclic) bond motifs is 3. The number of aryl methyl sites for hydroxylation is 2. The van der Waals surface area contributed by atoms with E-state index in [2.05, 4.69) is 10.4 Å². The summed E-state index contributed by atoms with van der Waals surface area (Å²) in [4.78, 5) is 17.8. The van der Waals surface area contributed by atoms with Crippen LogP contribution in [0.5, 0.6) is 0 Å². The van der Waals surface area contributed by atoms with E-state index in [0.29, 0.717) is 5.92 Å². The number of nitrogens with zero attached hydrogens (tertiary/aromatic N) is 3. The minimum absolute atomic E-state index is 0.0403. The SMILES string of the molecule is Cc1nn(C)c2nc(C3CC3)cc(C(=O)NCC[C@H]3C[C@H]4CC[C@H]3C4)c12. The van der Waals surface area contributed by atoms with E-state index in [-0.39, 0.29) is 5.91 Å². The molecule has 3 aliphatic rings. The van der Waals surface area contributed by atoms with Crippen LogP contribution in [0.4, 0.5) is 0 Å². The number of amides is 1. The van der Waals surface area contributed by atoms with Gasteiger partial charge in [0.05, 0.1) is 16.6 Å². The summed E-state index contributed by atoms with van der Waals surface area (Å²) in [5.74, 6) is 3.29. The van der Waals surface area contributed by atoms with Gasteiger partial charge in [-0.15, -0.1) is 0 Å². The summed E-state index contributed by atoms with van der Waals surface area (Å²) in [7, 11) is 1.91. The molecule has 0 unspecified atom stereocenters. The minimum atomic E-state index is 0.0403. The van der Waals surface area contributed by atoms with E-state index in [1.807, 2.05) is 24.7 Å². The van der Waals surface area contributed by atoms with Crippen molar-refractivity contribution < 1.29 is 4.79 Å². The molecule has 3 fully saturated rings. The van der Waals surface area contributed by atoms with Crippen molar-refractivity contribution in [3.8, 4) is 0 Å². The van der Waals surface area contributed by atoms with Crippen molar-refractivity contribution in [1.82, 2.24) is 20.1 Å². The Morgan fingerprint density at radius 3 is 2.81 bits per heavy atom. The van der Waals surface area contributed by atoms with Crippen molar-refractivity contribution in [3.63, 3.8) is 0 Å². The van der Waals surface area contributed by atoms with Crippen LogP contribution in [0.25, 0.3) is 11.0 Å². The Labute approximate surface area is 154 Å². The molecule has 2 aromatic rings. The van der Waals surface area contributed by atoms with E-state index in [9.17, 15) is 4.79 Å². The van der Waals surface area contributed by atoms with Crippen molar-refractivity contribution in [2.24, 2.45) is 24.8 Å². The third kappa shape index (κ3) is 2.72. The minimum Gasteiger partial charge on any atom is -0.352 e. The first-order valence-corrected chi connectivity index (χ1v) is 10.2. The predicted molar refractivity (Wildman–Crippen MR) is 101 cm³/mol. The van der Waals surface area contributed by atoms with Crippen LogP contribution < -0.4 is 5.32 Å². The maximum absolute atomic E-state index is 13.0. The lowest BCUT2D eigenvalue weighted by Gasteiger charge is -2.21. The van der Waals surface area contributed by atoms with Crippen LogP contribution in [0.1, 0.15) is 72.6 Å². The highest BCUT2D eigenvalue weighted by molar-refractivity contribution is 6.06. The molecule has 2 bridgehead atoms. The lowest BCUT2D eigenvalue weighted by Crippen LogP contribution is -2.27. The highest BCUT2D eigenvalue weighted by Gasteiger charge is 2.38. The molecule has 3 atom stereocenters. The highest BCUT2D eigenvalue weighted by Crippen LogP contribution is 2.49. The smallest absolute Gasteiger partial charge is 0.252 e. The van der Waals surface area contributed by atoms with Crippen LogP contribution in [0.3, 0.4) is 0 Å². The Bertz CT molecular complexity index is 867. The molecule has 5 rings (SSSR count). The summed E-state index contributed by atoms with van der Waals surface area (Å²) in [6.07, 6.45) is 9.15. The zero-order valence-corrected chi connectivity index (χ0v) is 15.8. The first-order chi connectivity index (χ1) is 12.6. The number of hydrogen-bond acceptors (Lipinski definition) is 3. The lowest BCUT2D eigenvalue weighted by molar-refractivity contribution is 0.0951. The molecule has 1 amide bonds. The Morgan fingerprint density at radius 2 is 2.12 bits per heavy atom. The van der Waals surface area contributed by atoms with Crippen LogP contribution in [0, 0.1) is 24.7 Å². The van der Waals surface area contributed by atoms with Crippen LogP contribution in [0.15, 0.2) is 6.07 Å². The largest absolute Gasteiger partial charge is 0.352 e. The monoisotopic (exact) mass is 352 g/mol. The number of aromatic nitrogens is 3. The molecule has 5 nitrogen and oxygen atoms in total. The Morgan fingerprint density at radius 1 is 1.27 bits per heavy atom. The van der Waals surface area contributed by atoms with Gasteiger partial charge in [0.2, 0.25) is 0 Å². The molecule has 0 spiro atoms. The molecular formula is C21H28N4O. The molecule has 2 aromatic heterocycles. The standard InChI is InChI=1S/C21H28N4O/c1-12-19-17(11-18(14-5-6-14)23-20(19)25(2)24-12)21(26)22-8-7-16-10-13-3-4-15(16)9-13/h11,13-16H,3-10H2,1-2H3,(H,22,26)/t13-,15-,16-/m0/s1. The number of rotatable bonds is 5. The first-order valence-electron chi connectivity index (χ1n) is 10.2. The van der Waals surface area contributed by atoms with E-state index in [0.717, 1.165) is 58.7 Å². The van der Waals surface area contributed by atoms with Crippen LogP contribution in [0.2, 0.25) is 0 Å². The third-order valence-corrected chi connectivity index (χ3v) is 6.91. The number of pyridine rings is 1. The predicted octanol–water partition coefficient (Wildman–Crippen LogP) is 3.71. The number of nitrogens with one attached hydrogen (secondary N) is 1. The number of carbonyl (C=O) groups excluding carboxylic acids is 1. The third-order valence-electron chi connectivity index (χ3n) is 6.91. The second-order valence-electron chi connectivity index (χ2n) is 8.76. The molecule has 0 saturated heterocycles.